The van der Waals surface area contributed by atoms with Gasteiger partial charge in [-0.1, -0.05) is 44.2 Å². The second kappa shape index (κ2) is 10.5. The highest BCUT2D eigenvalue weighted by molar-refractivity contribution is 7.89. The van der Waals surface area contributed by atoms with Crippen LogP contribution in [0.2, 0.25) is 0 Å². The Balaban J connectivity index is 2.27. The number of nitrogens with one attached hydrogen (secondary N) is 1. The first-order valence-electron chi connectivity index (χ1n) is 9.56. The fourth-order valence-corrected chi connectivity index (χ4v) is 4.70. The van der Waals surface area contributed by atoms with Gasteiger partial charge in [0.25, 0.3) is 0 Å². The number of sulfonamides is 1. The van der Waals surface area contributed by atoms with E-state index in [9.17, 15) is 22.7 Å². The van der Waals surface area contributed by atoms with E-state index in [-0.39, 0.29) is 30.3 Å². The molecule has 2 rings (SSSR count). The molecule has 0 aliphatic heterocycles. The largest absolute Gasteiger partial charge is 0.465 e. The van der Waals surface area contributed by atoms with Crippen molar-refractivity contribution in [1.29, 1.82) is 0 Å². The van der Waals surface area contributed by atoms with Crippen molar-refractivity contribution in [2.24, 2.45) is 5.92 Å². The van der Waals surface area contributed by atoms with Gasteiger partial charge in [-0.3, -0.25) is 0 Å². The Labute approximate surface area is 176 Å². The number of amides is 1. The molecular weight excluding hydrogens is 411 g/mol. The van der Waals surface area contributed by atoms with Crippen LogP contribution in [0.3, 0.4) is 0 Å². The summed E-state index contributed by atoms with van der Waals surface area (Å²) in [6.45, 7) is 3.46. The molecule has 164 valence electrons. The SMILES string of the molecule is CC(C)CN(C[C@@H](O)[C@H](Cc1ccccc1)NC(=O)O)S(=O)(=O)c1ccc(F)cc1. The minimum atomic E-state index is -4.01. The van der Waals surface area contributed by atoms with Crippen molar-refractivity contribution in [2.75, 3.05) is 13.1 Å². The molecule has 2 aromatic carbocycles. The number of aliphatic hydroxyl groups excluding tert-OH is 1. The van der Waals surface area contributed by atoms with Gasteiger partial charge in [0.05, 0.1) is 17.0 Å². The van der Waals surface area contributed by atoms with E-state index in [4.69, 9.17) is 5.11 Å². The van der Waals surface area contributed by atoms with Crippen LogP contribution in [0.5, 0.6) is 0 Å². The number of halogens is 1. The topological polar surface area (TPSA) is 107 Å². The molecule has 0 spiro atoms. The Morgan fingerprint density at radius 3 is 2.20 bits per heavy atom. The van der Waals surface area contributed by atoms with Crippen LogP contribution < -0.4 is 5.32 Å². The van der Waals surface area contributed by atoms with Crippen LogP contribution in [0, 0.1) is 11.7 Å². The normalized spacial score (nSPS) is 13.9. The number of hydrogen-bond donors (Lipinski definition) is 3. The van der Waals surface area contributed by atoms with Gasteiger partial charge in [0.1, 0.15) is 5.82 Å². The zero-order valence-corrected chi connectivity index (χ0v) is 17.7. The molecule has 0 aliphatic rings. The molecule has 0 aromatic heterocycles. The van der Waals surface area contributed by atoms with Gasteiger partial charge in [0, 0.05) is 13.1 Å². The standard InChI is InChI=1S/C21H27FN2O5S/c1-15(2)13-24(30(28,29)18-10-8-17(22)9-11-18)14-20(25)19(23-21(26)27)12-16-6-4-3-5-7-16/h3-11,15,19-20,23,25H,12-14H2,1-2H3,(H,26,27)/t19-,20+/m0/s1. The smallest absolute Gasteiger partial charge is 0.404 e. The molecule has 9 heteroatoms. The molecule has 0 saturated heterocycles. The Hall–Kier alpha value is -2.49. The third-order valence-corrected chi connectivity index (χ3v) is 6.33. The molecule has 0 unspecified atom stereocenters. The van der Waals surface area contributed by atoms with Crippen LogP contribution in [0.15, 0.2) is 59.5 Å². The van der Waals surface area contributed by atoms with Crippen molar-refractivity contribution in [3.05, 3.63) is 66.0 Å². The van der Waals surface area contributed by atoms with Gasteiger partial charge in [0.2, 0.25) is 10.0 Å². The van der Waals surface area contributed by atoms with E-state index in [2.05, 4.69) is 5.32 Å². The molecular formula is C21H27FN2O5S. The fourth-order valence-electron chi connectivity index (χ4n) is 3.08. The van der Waals surface area contributed by atoms with Crippen LogP contribution >= 0.6 is 0 Å². The van der Waals surface area contributed by atoms with Crippen molar-refractivity contribution in [1.82, 2.24) is 9.62 Å². The zero-order chi connectivity index (χ0) is 22.3. The summed E-state index contributed by atoms with van der Waals surface area (Å²) >= 11 is 0. The number of aliphatic hydroxyl groups is 1. The molecule has 2 atom stereocenters. The van der Waals surface area contributed by atoms with E-state index >= 15 is 0 Å². The lowest BCUT2D eigenvalue weighted by atomic mass is 10.0. The molecule has 0 saturated carbocycles. The highest BCUT2D eigenvalue weighted by atomic mass is 32.2. The lowest BCUT2D eigenvalue weighted by molar-refractivity contribution is 0.0980. The van der Waals surface area contributed by atoms with Crippen LogP contribution in [0.1, 0.15) is 19.4 Å². The van der Waals surface area contributed by atoms with Crippen molar-refractivity contribution in [3.63, 3.8) is 0 Å². The van der Waals surface area contributed by atoms with E-state index in [0.29, 0.717) is 0 Å². The Morgan fingerprint density at radius 2 is 1.67 bits per heavy atom. The first-order chi connectivity index (χ1) is 14.1. The van der Waals surface area contributed by atoms with Crippen LogP contribution in [0.25, 0.3) is 0 Å². The first kappa shape index (κ1) is 23.8. The van der Waals surface area contributed by atoms with Gasteiger partial charge in [-0.25, -0.2) is 17.6 Å². The Bertz CT molecular complexity index is 920. The molecule has 30 heavy (non-hydrogen) atoms. The summed E-state index contributed by atoms with van der Waals surface area (Å²) in [5, 5.41) is 22.2. The molecule has 2 aromatic rings. The molecule has 1 amide bonds. The molecule has 0 fully saturated rings. The first-order valence-corrected chi connectivity index (χ1v) is 11.0. The molecule has 7 nitrogen and oxygen atoms in total. The van der Waals surface area contributed by atoms with Crippen molar-refractivity contribution in [2.45, 2.75) is 37.3 Å². The van der Waals surface area contributed by atoms with E-state index in [1.807, 2.05) is 19.9 Å². The summed E-state index contributed by atoms with van der Waals surface area (Å²) in [4.78, 5) is 11.1. The summed E-state index contributed by atoms with van der Waals surface area (Å²) in [6.07, 6.45) is -2.41. The van der Waals surface area contributed by atoms with Gasteiger partial charge in [-0.2, -0.15) is 4.31 Å². The van der Waals surface area contributed by atoms with Gasteiger partial charge in [0.15, 0.2) is 0 Å². The zero-order valence-electron chi connectivity index (χ0n) is 16.9. The number of nitrogens with zero attached hydrogens (tertiary/aromatic N) is 1. The number of carbonyl (C=O) groups is 1. The highest BCUT2D eigenvalue weighted by Gasteiger charge is 2.31. The van der Waals surface area contributed by atoms with Crippen molar-refractivity contribution >= 4 is 16.1 Å². The summed E-state index contributed by atoms with van der Waals surface area (Å²) in [7, 11) is -4.01. The minimum Gasteiger partial charge on any atom is -0.465 e. The average molecular weight is 439 g/mol. The quantitative estimate of drug-likeness (QED) is 0.529. The Kier molecular flexibility index (Phi) is 8.33. The molecule has 3 N–H and O–H groups in total. The predicted molar refractivity (Wildman–Crippen MR) is 111 cm³/mol. The van der Waals surface area contributed by atoms with Gasteiger partial charge < -0.3 is 15.5 Å². The van der Waals surface area contributed by atoms with Crippen LogP contribution in [0.4, 0.5) is 9.18 Å². The summed E-state index contributed by atoms with van der Waals surface area (Å²) in [5.74, 6) is -0.606. The molecule has 0 heterocycles. The number of carboxylic acid groups (broad SMARTS) is 1. The van der Waals surface area contributed by atoms with Gasteiger partial charge in [-0.15, -0.1) is 0 Å². The molecule has 0 aliphatic carbocycles. The van der Waals surface area contributed by atoms with Crippen LogP contribution in [-0.4, -0.2) is 54.3 Å². The third-order valence-electron chi connectivity index (χ3n) is 4.48. The number of hydrogen-bond acceptors (Lipinski definition) is 4. The van der Waals surface area contributed by atoms with Crippen LogP contribution in [-0.2, 0) is 16.4 Å². The number of rotatable bonds is 10. The molecule has 0 radical (unpaired) electrons. The minimum absolute atomic E-state index is 0.0487. The molecule has 0 bridgehead atoms. The van der Waals surface area contributed by atoms with Gasteiger partial charge in [-0.05, 0) is 42.2 Å². The maximum atomic E-state index is 13.2. The maximum Gasteiger partial charge on any atom is 0.404 e. The Morgan fingerprint density at radius 1 is 1.07 bits per heavy atom. The van der Waals surface area contributed by atoms with E-state index in [1.54, 1.807) is 24.3 Å². The fraction of sp³-hybridized carbons (Fsp3) is 0.381. The van der Waals surface area contributed by atoms with E-state index in [1.165, 1.54) is 12.1 Å². The maximum absolute atomic E-state index is 13.2. The summed E-state index contributed by atoms with van der Waals surface area (Å²) < 4.78 is 40.5. The van der Waals surface area contributed by atoms with E-state index < -0.39 is 34.1 Å². The van der Waals surface area contributed by atoms with E-state index in [0.717, 1.165) is 22.0 Å². The van der Waals surface area contributed by atoms with Crippen molar-refractivity contribution < 1.29 is 27.8 Å². The summed E-state index contributed by atoms with van der Waals surface area (Å²) in [6, 6.07) is 12.5. The van der Waals surface area contributed by atoms with Crippen molar-refractivity contribution in [3.8, 4) is 0 Å². The lowest BCUT2D eigenvalue weighted by Crippen LogP contribution is -2.50. The lowest BCUT2D eigenvalue weighted by Gasteiger charge is -2.30. The van der Waals surface area contributed by atoms with Gasteiger partial charge >= 0.3 is 6.09 Å². The number of benzene rings is 2. The highest BCUT2D eigenvalue weighted by Crippen LogP contribution is 2.19. The predicted octanol–water partition coefficient (Wildman–Crippen LogP) is 2.71. The third kappa shape index (κ3) is 6.79. The summed E-state index contributed by atoms with van der Waals surface area (Å²) in [5.41, 5.74) is 0.798. The monoisotopic (exact) mass is 438 g/mol. The second-order valence-corrected chi connectivity index (χ2v) is 9.42. The second-order valence-electron chi connectivity index (χ2n) is 7.48. The average Bonchev–Trinajstić information content (AvgIpc) is 2.67.